The molecule has 2 atom stereocenters. The molecule has 4 aromatic carbocycles. The number of hydrogen-bond donors (Lipinski definition) is 2. The summed E-state index contributed by atoms with van der Waals surface area (Å²) in [4.78, 5) is 25.9. The van der Waals surface area contributed by atoms with Gasteiger partial charge >= 0.3 is 11.9 Å². The number of hydrogen-bond acceptors (Lipinski definition) is 2. The van der Waals surface area contributed by atoms with Crippen LogP contribution in [0.5, 0.6) is 0 Å². The quantitative estimate of drug-likeness (QED) is 0.331. The molecule has 4 aromatic rings. The molecule has 2 N–H and O–H groups in total. The van der Waals surface area contributed by atoms with Crippen LogP contribution in [0, 0.1) is 11.8 Å². The van der Waals surface area contributed by atoms with Crippen LogP contribution in [0.4, 0.5) is 0 Å². The van der Waals surface area contributed by atoms with Gasteiger partial charge in [-0.1, -0.05) is 121 Å². The normalized spacial score (nSPS) is 17.7. The predicted molar refractivity (Wildman–Crippen MR) is 142 cm³/mol. The summed E-state index contributed by atoms with van der Waals surface area (Å²) in [7, 11) is 0. The lowest BCUT2D eigenvalue weighted by molar-refractivity contribution is -0.149. The topological polar surface area (TPSA) is 74.6 Å². The monoisotopic (exact) mass is 472 g/mol. The van der Waals surface area contributed by atoms with Gasteiger partial charge < -0.3 is 10.2 Å². The summed E-state index contributed by atoms with van der Waals surface area (Å²) in [5, 5.41) is 21.1. The fourth-order valence-electron chi connectivity index (χ4n) is 5.14. The Morgan fingerprint density at radius 1 is 0.417 bits per heavy atom. The maximum atomic E-state index is 12.9. The minimum Gasteiger partial charge on any atom is -0.481 e. The van der Waals surface area contributed by atoms with E-state index in [0.717, 1.165) is 22.3 Å². The first-order valence-corrected chi connectivity index (χ1v) is 11.7. The fraction of sp³-hybridized carbons (Fsp3) is 0.0625. The highest BCUT2D eigenvalue weighted by Crippen LogP contribution is 2.54. The summed E-state index contributed by atoms with van der Waals surface area (Å²) < 4.78 is 0. The van der Waals surface area contributed by atoms with Crippen molar-refractivity contribution in [1.82, 2.24) is 0 Å². The molecule has 0 fully saturated rings. The summed E-state index contributed by atoms with van der Waals surface area (Å²) in [6, 6.07) is 37.8. The molecule has 5 rings (SSSR count). The van der Waals surface area contributed by atoms with E-state index in [1.54, 1.807) is 0 Å². The maximum absolute atomic E-state index is 12.9. The maximum Gasteiger partial charge on any atom is 0.312 e. The molecule has 0 aromatic heterocycles. The number of carbonyl (C=O) groups is 2. The molecule has 0 saturated heterocycles. The van der Waals surface area contributed by atoms with E-state index in [1.807, 2.05) is 121 Å². The Balaban J connectivity index is 2.02. The van der Waals surface area contributed by atoms with Crippen molar-refractivity contribution in [1.29, 1.82) is 0 Å². The van der Waals surface area contributed by atoms with Gasteiger partial charge in [0, 0.05) is 0 Å². The largest absolute Gasteiger partial charge is 0.481 e. The molecule has 0 saturated carbocycles. The molecule has 36 heavy (non-hydrogen) atoms. The molecular weight excluding hydrogens is 448 g/mol. The SMILES string of the molecule is O=C(O)[C@@H]1C(c2ccccc2)=C(c2ccccc2)C(c2ccccc2)=C(c2ccccc2)[C@@H]1C(=O)O. The summed E-state index contributed by atoms with van der Waals surface area (Å²) in [5.41, 5.74) is 5.51. The van der Waals surface area contributed by atoms with E-state index in [2.05, 4.69) is 0 Å². The highest BCUT2D eigenvalue weighted by molar-refractivity contribution is 6.28. The van der Waals surface area contributed by atoms with Crippen LogP contribution in [0.15, 0.2) is 121 Å². The molecule has 4 nitrogen and oxygen atoms in total. The van der Waals surface area contributed by atoms with Gasteiger partial charge in [-0.25, -0.2) is 0 Å². The smallest absolute Gasteiger partial charge is 0.312 e. The Morgan fingerprint density at radius 2 is 0.667 bits per heavy atom. The van der Waals surface area contributed by atoms with E-state index in [4.69, 9.17) is 0 Å². The van der Waals surface area contributed by atoms with Crippen LogP contribution in [0.25, 0.3) is 22.3 Å². The first-order chi connectivity index (χ1) is 17.6. The summed E-state index contributed by atoms with van der Waals surface area (Å²) in [5.74, 6) is -4.92. The van der Waals surface area contributed by atoms with Crippen LogP contribution >= 0.6 is 0 Å². The van der Waals surface area contributed by atoms with Gasteiger partial charge in [-0.2, -0.15) is 0 Å². The van der Waals surface area contributed by atoms with Crippen LogP contribution in [0.2, 0.25) is 0 Å². The number of carboxylic acid groups (broad SMARTS) is 2. The molecule has 1 aliphatic rings. The zero-order valence-corrected chi connectivity index (χ0v) is 19.4. The average molecular weight is 473 g/mol. The van der Waals surface area contributed by atoms with Gasteiger partial charge in [-0.05, 0) is 44.5 Å². The van der Waals surface area contributed by atoms with E-state index in [1.165, 1.54) is 0 Å². The third-order valence-corrected chi connectivity index (χ3v) is 6.57. The highest BCUT2D eigenvalue weighted by atomic mass is 16.4. The molecule has 0 radical (unpaired) electrons. The molecule has 0 unspecified atom stereocenters. The van der Waals surface area contributed by atoms with Crippen molar-refractivity contribution in [3.05, 3.63) is 144 Å². The van der Waals surface area contributed by atoms with Gasteiger partial charge in [-0.15, -0.1) is 0 Å². The van der Waals surface area contributed by atoms with Crippen LogP contribution < -0.4 is 0 Å². The van der Waals surface area contributed by atoms with Gasteiger partial charge in [0.25, 0.3) is 0 Å². The minimum absolute atomic E-state index is 0.500. The minimum atomic E-state index is -1.29. The predicted octanol–water partition coefficient (Wildman–Crippen LogP) is 6.62. The molecule has 0 spiro atoms. The van der Waals surface area contributed by atoms with Crippen molar-refractivity contribution in [2.24, 2.45) is 11.8 Å². The molecule has 0 aliphatic heterocycles. The van der Waals surface area contributed by atoms with E-state index >= 15 is 0 Å². The average Bonchev–Trinajstić information content (AvgIpc) is 2.93. The number of carboxylic acids is 2. The lowest BCUT2D eigenvalue weighted by Crippen LogP contribution is -2.35. The number of aliphatic carboxylic acids is 2. The second-order valence-electron chi connectivity index (χ2n) is 8.67. The molecule has 0 heterocycles. The standard InChI is InChI=1S/C32H24O4/c33-31(34)29-27(23-17-9-3-10-18-23)25(21-13-5-1-6-14-21)26(22-15-7-2-8-16-22)28(30(29)32(35)36)24-19-11-4-12-20-24/h1-20,29-30H,(H,33,34)(H,35,36)/t29-,30+. The van der Waals surface area contributed by atoms with E-state index in [0.29, 0.717) is 22.3 Å². The molecule has 1 aliphatic carbocycles. The number of allylic oxidation sites excluding steroid dienone is 2. The summed E-state index contributed by atoms with van der Waals surface area (Å²) in [6.07, 6.45) is 0. The van der Waals surface area contributed by atoms with Gasteiger partial charge in [0.15, 0.2) is 0 Å². The Morgan fingerprint density at radius 3 is 0.917 bits per heavy atom. The van der Waals surface area contributed by atoms with Crippen molar-refractivity contribution in [3.63, 3.8) is 0 Å². The Bertz CT molecular complexity index is 1340. The van der Waals surface area contributed by atoms with E-state index < -0.39 is 23.8 Å². The van der Waals surface area contributed by atoms with Crippen LogP contribution in [-0.2, 0) is 9.59 Å². The molecule has 0 bridgehead atoms. The summed E-state index contributed by atoms with van der Waals surface area (Å²) >= 11 is 0. The van der Waals surface area contributed by atoms with Crippen molar-refractivity contribution in [2.75, 3.05) is 0 Å². The van der Waals surface area contributed by atoms with Crippen LogP contribution in [0.1, 0.15) is 22.3 Å². The number of benzene rings is 4. The van der Waals surface area contributed by atoms with Gasteiger partial charge in [0.1, 0.15) is 11.8 Å². The van der Waals surface area contributed by atoms with Gasteiger partial charge in [-0.3, -0.25) is 9.59 Å². The Kier molecular flexibility index (Phi) is 6.33. The van der Waals surface area contributed by atoms with Crippen molar-refractivity contribution in [2.45, 2.75) is 0 Å². The zero-order valence-electron chi connectivity index (χ0n) is 19.4. The second kappa shape index (κ2) is 9.88. The Hall–Kier alpha value is -4.70. The van der Waals surface area contributed by atoms with Crippen molar-refractivity contribution in [3.8, 4) is 0 Å². The lowest BCUT2D eigenvalue weighted by Gasteiger charge is -2.36. The summed E-state index contributed by atoms with van der Waals surface area (Å²) in [6.45, 7) is 0. The third kappa shape index (κ3) is 4.14. The van der Waals surface area contributed by atoms with Crippen LogP contribution in [-0.4, -0.2) is 22.2 Å². The molecule has 4 heteroatoms. The Labute approximate surface area is 209 Å². The van der Waals surface area contributed by atoms with E-state index in [9.17, 15) is 19.8 Å². The van der Waals surface area contributed by atoms with E-state index in [-0.39, 0.29) is 0 Å². The lowest BCUT2D eigenvalue weighted by atomic mass is 9.65. The molecule has 0 amide bonds. The third-order valence-electron chi connectivity index (χ3n) is 6.57. The first-order valence-electron chi connectivity index (χ1n) is 11.7. The first kappa shape index (κ1) is 23.1. The van der Waals surface area contributed by atoms with Gasteiger partial charge in [0.05, 0.1) is 0 Å². The van der Waals surface area contributed by atoms with Gasteiger partial charge in [0.2, 0.25) is 0 Å². The number of rotatable bonds is 6. The zero-order chi connectivity index (χ0) is 25.1. The van der Waals surface area contributed by atoms with Crippen LogP contribution in [0.3, 0.4) is 0 Å². The second-order valence-corrected chi connectivity index (χ2v) is 8.67. The highest BCUT2D eigenvalue weighted by Gasteiger charge is 2.46. The fourth-order valence-corrected chi connectivity index (χ4v) is 5.14. The molecule has 176 valence electrons. The van der Waals surface area contributed by atoms with Crippen molar-refractivity contribution >= 4 is 34.2 Å². The van der Waals surface area contributed by atoms with Crippen molar-refractivity contribution < 1.29 is 19.8 Å². The molecular formula is C32H24O4.